The largest absolute Gasteiger partial charge is 0.298 e. The molecule has 178 valence electrons. The summed E-state index contributed by atoms with van der Waals surface area (Å²) in [5.41, 5.74) is 6.95. The Bertz CT molecular complexity index is 1580. The van der Waals surface area contributed by atoms with E-state index in [1.807, 2.05) is 67.8 Å². The Morgan fingerprint density at radius 2 is 1.83 bits per heavy atom. The van der Waals surface area contributed by atoms with Crippen LogP contribution in [-0.4, -0.2) is 26.0 Å². The lowest BCUT2D eigenvalue weighted by molar-refractivity contribution is 0.100. The minimum Gasteiger partial charge on any atom is -0.298 e. The van der Waals surface area contributed by atoms with Gasteiger partial charge in [0, 0.05) is 22.6 Å². The van der Waals surface area contributed by atoms with Crippen LogP contribution in [0.2, 0.25) is 0 Å². The first kappa shape index (κ1) is 22.6. The Morgan fingerprint density at radius 1 is 1.06 bits per heavy atom. The molecule has 1 saturated carbocycles. The monoisotopic (exact) mass is 490 g/mol. The van der Waals surface area contributed by atoms with Gasteiger partial charge in [0.25, 0.3) is 5.91 Å². The van der Waals surface area contributed by atoms with Crippen molar-refractivity contribution < 1.29 is 4.79 Å². The number of aliphatic imine (C=N–C) groups is 1. The predicted octanol–water partition coefficient (Wildman–Crippen LogP) is 6.89. The summed E-state index contributed by atoms with van der Waals surface area (Å²) < 4.78 is 2.11. The molecule has 1 amide bonds. The number of carbonyl (C=O) groups excluding carboxylic acids is 1. The lowest BCUT2D eigenvalue weighted by atomic mass is 9.79. The second-order valence-corrected chi connectivity index (χ2v) is 10.3. The molecule has 0 unspecified atom stereocenters. The van der Waals surface area contributed by atoms with Crippen LogP contribution in [0.4, 0.5) is 0 Å². The summed E-state index contributed by atoms with van der Waals surface area (Å²) in [5, 5.41) is 3.29. The molecule has 36 heavy (non-hydrogen) atoms. The maximum absolute atomic E-state index is 12.8. The van der Waals surface area contributed by atoms with Gasteiger partial charge < -0.3 is 0 Å². The Morgan fingerprint density at radius 3 is 2.61 bits per heavy atom. The van der Waals surface area contributed by atoms with Crippen LogP contribution in [0, 0.1) is 6.92 Å². The number of thiazole rings is 1. The highest BCUT2D eigenvalue weighted by molar-refractivity contribution is 7.10. The number of fused-ring (bicyclic) bond motifs is 1. The van der Waals surface area contributed by atoms with Crippen molar-refractivity contribution in [2.45, 2.75) is 38.0 Å². The summed E-state index contributed by atoms with van der Waals surface area (Å²) in [6, 6.07) is 14.0. The minimum absolute atomic E-state index is 0.129. The van der Waals surface area contributed by atoms with Crippen molar-refractivity contribution in [1.29, 1.82) is 0 Å². The van der Waals surface area contributed by atoms with Crippen molar-refractivity contribution in [3.05, 3.63) is 112 Å². The minimum atomic E-state index is -0.252. The van der Waals surface area contributed by atoms with E-state index >= 15 is 0 Å². The molecule has 4 aromatic rings. The maximum Gasteiger partial charge on any atom is 0.277 e. The van der Waals surface area contributed by atoms with E-state index in [0.29, 0.717) is 11.3 Å². The molecule has 0 atom stereocenters. The second-order valence-electron chi connectivity index (χ2n) is 9.42. The van der Waals surface area contributed by atoms with Gasteiger partial charge in [-0.1, -0.05) is 55.8 Å². The Labute approximate surface area is 214 Å². The average molecular weight is 491 g/mol. The van der Waals surface area contributed by atoms with Gasteiger partial charge in [0.2, 0.25) is 0 Å². The first-order valence-corrected chi connectivity index (χ1v) is 13.1. The molecule has 0 saturated heterocycles. The van der Waals surface area contributed by atoms with E-state index in [1.165, 1.54) is 18.4 Å². The highest BCUT2D eigenvalue weighted by Crippen LogP contribution is 2.48. The molecule has 2 aliphatic carbocycles. The quantitative estimate of drug-likeness (QED) is 0.313. The fraction of sp³-hybridized carbons (Fsp3) is 0.200. The van der Waals surface area contributed by atoms with Crippen LogP contribution < -0.4 is 0 Å². The van der Waals surface area contributed by atoms with Gasteiger partial charge in [-0.05, 0) is 61.2 Å². The van der Waals surface area contributed by atoms with Gasteiger partial charge >= 0.3 is 0 Å². The predicted molar refractivity (Wildman–Crippen MR) is 146 cm³/mol. The number of rotatable bonds is 4. The molecule has 3 aromatic heterocycles. The molecule has 0 N–H and O–H groups in total. The molecule has 5 nitrogen and oxygen atoms in total. The fourth-order valence-electron chi connectivity index (χ4n) is 5.35. The first-order chi connectivity index (χ1) is 17.5. The molecule has 3 heterocycles. The molecule has 0 bridgehead atoms. The molecule has 6 rings (SSSR count). The highest BCUT2D eigenvalue weighted by atomic mass is 32.1. The van der Waals surface area contributed by atoms with E-state index in [9.17, 15) is 4.79 Å². The Hall–Kier alpha value is -3.90. The van der Waals surface area contributed by atoms with Gasteiger partial charge in [-0.3, -0.25) is 9.20 Å². The highest BCUT2D eigenvalue weighted by Gasteiger charge is 2.40. The number of aryl methyl sites for hydroxylation is 1. The van der Waals surface area contributed by atoms with Crippen LogP contribution in [0.3, 0.4) is 0 Å². The normalized spacial score (nSPS) is 17.9. The van der Waals surface area contributed by atoms with E-state index in [0.717, 1.165) is 46.2 Å². The molecule has 6 heteroatoms. The number of aromatic nitrogens is 3. The SMILES string of the molecule is C=C1C=CC=CC1=NC(=O)c1ccc(C2(c3nc(-c4c(C)nc5ccccn45)cs3)CCCC2)cc1. The van der Waals surface area contributed by atoms with Gasteiger partial charge in [-0.2, -0.15) is 0 Å². The summed E-state index contributed by atoms with van der Waals surface area (Å²) in [7, 11) is 0. The number of pyridine rings is 1. The molecule has 1 fully saturated rings. The van der Waals surface area contributed by atoms with Crippen molar-refractivity contribution in [3.8, 4) is 11.4 Å². The van der Waals surface area contributed by atoms with Crippen molar-refractivity contribution in [1.82, 2.24) is 14.4 Å². The lowest BCUT2D eigenvalue weighted by Crippen LogP contribution is -2.23. The number of nitrogens with zero attached hydrogens (tertiary/aromatic N) is 4. The third kappa shape index (κ3) is 3.78. The number of imidazole rings is 1. The maximum atomic E-state index is 12.8. The Balaban J connectivity index is 1.33. The summed E-state index contributed by atoms with van der Waals surface area (Å²) in [4.78, 5) is 27.0. The number of amides is 1. The molecule has 0 radical (unpaired) electrons. The number of hydrogen-bond donors (Lipinski definition) is 0. The molecular weight excluding hydrogens is 464 g/mol. The summed E-state index contributed by atoms with van der Waals surface area (Å²) >= 11 is 1.73. The van der Waals surface area contributed by atoms with Crippen molar-refractivity contribution in [2.24, 2.45) is 4.99 Å². The van der Waals surface area contributed by atoms with Crippen LogP contribution in [0.15, 0.2) is 95.5 Å². The van der Waals surface area contributed by atoms with Gasteiger partial charge in [-0.25, -0.2) is 15.0 Å². The van der Waals surface area contributed by atoms with Gasteiger partial charge in [0.05, 0.1) is 17.1 Å². The third-order valence-electron chi connectivity index (χ3n) is 7.22. The summed E-state index contributed by atoms with van der Waals surface area (Å²) in [6.45, 7) is 6.00. The van der Waals surface area contributed by atoms with Crippen molar-refractivity contribution in [3.63, 3.8) is 0 Å². The van der Waals surface area contributed by atoms with E-state index in [1.54, 1.807) is 11.3 Å². The van der Waals surface area contributed by atoms with E-state index in [2.05, 4.69) is 33.5 Å². The zero-order valence-electron chi connectivity index (χ0n) is 20.1. The van der Waals surface area contributed by atoms with E-state index < -0.39 is 0 Å². The molecule has 1 aromatic carbocycles. The van der Waals surface area contributed by atoms with Crippen molar-refractivity contribution in [2.75, 3.05) is 0 Å². The second kappa shape index (κ2) is 8.95. The van der Waals surface area contributed by atoms with E-state index in [4.69, 9.17) is 9.97 Å². The zero-order chi connectivity index (χ0) is 24.7. The summed E-state index contributed by atoms with van der Waals surface area (Å²) in [6.07, 6.45) is 13.9. The molecule has 0 aliphatic heterocycles. The lowest BCUT2D eigenvalue weighted by Gasteiger charge is -2.27. The fourth-order valence-corrected chi connectivity index (χ4v) is 6.44. The molecule has 0 spiro atoms. The van der Waals surface area contributed by atoms with Crippen LogP contribution in [0.25, 0.3) is 17.0 Å². The Kier molecular flexibility index (Phi) is 5.61. The summed E-state index contributed by atoms with van der Waals surface area (Å²) in [5.74, 6) is -0.252. The van der Waals surface area contributed by atoms with Gasteiger partial charge in [-0.15, -0.1) is 11.3 Å². The number of hydrogen-bond acceptors (Lipinski definition) is 4. The standard InChI is InChI=1S/C30H26N4OS/c1-20-9-3-4-10-24(20)32-28(35)22-12-14-23(15-13-22)30(16-6-7-17-30)29-33-25(19-36-29)27-21(2)31-26-11-5-8-18-34(26)27/h3-5,8-15,18-19H,1,6-7,16-17H2,2H3. The van der Waals surface area contributed by atoms with Crippen LogP contribution in [-0.2, 0) is 5.41 Å². The van der Waals surface area contributed by atoms with Crippen LogP contribution in [0.1, 0.15) is 52.3 Å². The number of benzene rings is 1. The smallest absolute Gasteiger partial charge is 0.277 e. The van der Waals surface area contributed by atoms with Gasteiger partial charge in [0.1, 0.15) is 16.3 Å². The third-order valence-corrected chi connectivity index (χ3v) is 8.26. The van der Waals surface area contributed by atoms with Gasteiger partial charge in [0.15, 0.2) is 0 Å². The first-order valence-electron chi connectivity index (χ1n) is 12.2. The average Bonchev–Trinajstić information content (AvgIpc) is 3.64. The van der Waals surface area contributed by atoms with Crippen molar-refractivity contribution >= 4 is 28.6 Å². The topological polar surface area (TPSA) is 59.6 Å². The molecule has 2 aliphatic rings. The molecular formula is C30H26N4OS. The van der Waals surface area contributed by atoms with E-state index in [-0.39, 0.29) is 11.3 Å². The zero-order valence-corrected chi connectivity index (χ0v) is 21.0. The number of allylic oxidation sites excluding steroid dienone is 5. The van der Waals surface area contributed by atoms with Crippen LogP contribution >= 0.6 is 11.3 Å². The number of carbonyl (C=O) groups is 1. The van der Waals surface area contributed by atoms with Crippen LogP contribution in [0.5, 0.6) is 0 Å².